The SMILES string of the molecule is CN(Cc1ccc2c(c1)OCCO2)C(=O)C1CC=CCC1. The van der Waals surface area contributed by atoms with Gasteiger partial charge in [0.2, 0.25) is 5.91 Å². The van der Waals surface area contributed by atoms with E-state index in [2.05, 4.69) is 12.2 Å². The van der Waals surface area contributed by atoms with Crippen LogP contribution in [0.15, 0.2) is 30.4 Å². The molecule has 4 nitrogen and oxygen atoms in total. The molecule has 0 bridgehead atoms. The average Bonchev–Trinajstić information content (AvgIpc) is 2.55. The minimum atomic E-state index is 0.136. The summed E-state index contributed by atoms with van der Waals surface area (Å²) in [5, 5.41) is 0. The molecule has 0 aromatic heterocycles. The molecule has 0 saturated heterocycles. The second-order valence-corrected chi connectivity index (χ2v) is 5.65. The van der Waals surface area contributed by atoms with E-state index in [-0.39, 0.29) is 11.8 Å². The van der Waals surface area contributed by atoms with Gasteiger partial charge in [0.15, 0.2) is 11.5 Å². The Morgan fingerprint density at radius 1 is 1.24 bits per heavy atom. The summed E-state index contributed by atoms with van der Waals surface area (Å²) in [5.41, 5.74) is 1.07. The Kier molecular flexibility index (Phi) is 4.13. The molecule has 1 aliphatic heterocycles. The molecule has 0 N–H and O–H groups in total. The molecule has 1 atom stereocenters. The van der Waals surface area contributed by atoms with E-state index in [9.17, 15) is 4.79 Å². The van der Waals surface area contributed by atoms with Gasteiger partial charge < -0.3 is 14.4 Å². The van der Waals surface area contributed by atoms with Crippen molar-refractivity contribution in [3.8, 4) is 11.5 Å². The zero-order chi connectivity index (χ0) is 14.7. The van der Waals surface area contributed by atoms with E-state index in [1.165, 1.54) is 0 Å². The molecule has 0 spiro atoms. The molecule has 0 radical (unpaired) electrons. The lowest BCUT2D eigenvalue weighted by molar-refractivity contribution is -0.135. The third-order valence-electron chi connectivity index (χ3n) is 4.02. The van der Waals surface area contributed by atoms with Crippen molar-refractivity contribution in [1.29, 1.82) is 0 Å². The molecule has 1 unspecified atom stereocenters. The van der Waals surface area contributed by atoms with Gasteiger partial charge in [-0.1, -0.05) is 18.2 Å². The topological polar surface area (TPSA) is 38.8 Å². The van der Waals surface area contributed by atoms with Crippen LogP contribution in [-0.4, -0.2) is 31.1 Å². The zero-order valence-electron chi connectivity index (χ0n) is 12.4. The number of hydrogen-bond acceptors (Lipinski definition) is 3. The van der Waals surface area contributed by atoms with Crippen LogP contribution in [0.1, 0.15) is 24.8 Å². The molecular formula is C17H21NO3. The van der Waals surface area contributed by atoms with Crippen molar-refractivity contribution < 1.29 is 14.3 Å². The Balaban J connectivity index is 1.65. The van der Waals surface area contributed by atoms with Crippen LogP contribution in [0.25, 0.3) is 0 Å². The van der Waals surface area contributed by atoms with Crippen molar-refractivity contribution in [1.82, 2.24) is 4.90 Å². The van der Waals surface area contributed by atoms with Crippen molar-refractivity contribution in [3.05, 3.63) is 35.9 Å². The zero-order valence-corrected chi connectivity index (χ0v) is 12.4. The molecule has 2 aliphatic rings. The van der Waals surface area contributed by atoms with Crippen molar-refractivity contribution in [2.45, 2.75) is 25.8 Å². The monoisotopic (exact) mass is 287 g/mol. The van der Waals surface area contributed by atoms with Gasteiger partial charge in [0.25, 0.3) is 0 Å². The van der Waals surface area contributed by atoms with Gasteiger partial charge in [0.05, 0.1) is 0 Å². The van der Waals surface area contributed by atoms with Gasteiger partial charge in [-0.2, -0.15) is 0 Å². The fourth-order valence-electron chi connectivity index (χ4n) is 2.87. The summed E-state index contributed by atoms with van der Waals surface area (Å²) < 4.78 is 11.1. The lowest BCUT2D eigenvalue weighted by atomic mass is 9.93. The summed E-state index contributed by atoms with van der Waals surface area (Å²) in [6, 6.07) is 5.89. The summed E-state index contributed by atoms with van der Waals surface area (Å²) >= 11 is 0. The first-order valence-corrected chi connectivity index (χ1v) is 7.52. The predicted octanol–water partition coefficient (Wildman–Crippen LogP) is 2.77. The molecule has 3 rings (SSSR count). The van der Waals surface area contributed by atoms with E-state index < -0.39 is 0 Å². The van der Waals surface area contributed by atoms with E-state index >= 15 is 0 Å². The van der Waals surface area contributed by atoms with E-state index in [0.717, 1.165) is 36.3 Å². The van der Waals surface area contributed by atoms with Crippen LogP contribution < -0.4 is 9.47 Å². The van der Waals surface area contributed by atoms with Gasteiger partial charge in [0, 0.05) is 19.5 Å². The molecule has 1 heterocycles. The standard InChI is InChI=1S/C17H21NO3/c1-18(17(19)14-5-3-2-4-6-14)12-13-7-8-15-16(11-13)21-10-9-20-15/h2-3,7-8,11,14H,4-6,9-10,12H2,1H3. The molecule has 0 saturated carbocycles. The number of carbonyl (C=O) groups is 1. The van der Waals surface area contributed by atoms with Gasteiger partial charge in [0.1, 0.15) is 13.2 Å². The lowest BCUT2D eigenvalue weighted by Gasteiger charge is -2.25. The minimum absolute atomic E-state index is 0.136. The third-order valence-corrected chi connectivity index (χ3v) is 4.02. The number of carbonyl (C=O) groups excluding carboxylic acids is 1. The number of rotatable bonds is 3. The molecule has 1 aromatic rings. The Morgan fingerprint density at radius 3 is 2.81 bits per heavy atom. The number of hydrogen-bond donors (Lipinski definition) is 0. The largest absolute Gasteiger partial charge is 0.486 e. The normalized spacial score (nSPS) is 20.1. The highest BCUT2D eigenvalue weighted by Crippen LogP contribution is 2.31. The molecule has 112 valence electrons. The van der Waals surface area contributed by atoms with Crippen LogP contribution in [0.4, 0.5) is 0 Å². The first kappa shape index (κ1) is 14.0. The third kappa shape index (κ3) is 3.20. The summed E-state index contributed by atoms with van der Waals surface area (Å²) in [6.45, 7) is 1.79. The maximum Gasteiger partial charge on any atom is 0.226 e. The minimum Gasteiger partial charge on any atom is -0.486 e. The molecular weight excluding hydrogens is 266 g/mol. The Bertz CT molecular complexity index is 553. The maximum absolute atomic E-state index is 12.4. The highest BCUT2D eigenvalue weighted by atomic mass is 16.6. The second-order valence-electron chi connectivity index (χ2n) is 5.65. The molecule has 1 aliphatic carbocycles. The summed E-state index contributed by atoms with van der Waals surface area (Å²) in [5.74, 6) is 1.93. The van der Waals surface area contributed by atoms with E-state index in [1.807, 2.05) is 30.1 Å². The average molecular weight is 287 g/mol. The molecule has 1 aromatic carbocycles. The van der Waals surface area contributed by atoms with Gasteiger partial charge in [-0.15, -0.1) is 0 Å². The highest BCUT2D eigenvalue weighted by molar-refractivity contribution is 5.79. The predicted molar refractivity (Wildman–Crippen MR) is 80.4 cm³/mol. The van der Waals surface area contributed by atoms with Crippen molar-refractivity contribution in [3.63, 3.8) is 0 Å². The van der Waals surface area contributed by atoms with Crippen LogP contribution in [0, 0.1) is 5.92 Å². The number of benzene rings is 1. The first-order chi connectivity index (χ1) is 10.2. The summed E-state index contributed by atoms with van der Waals surface area (Å²) in [4.78, 5) is 14.2. The van der Waals surface area contributed by atoms with Crippen molar-refractivity contribution >= 4 is 5.91 Å². The summed E-state index contributed by atoms with van der Waals surface area (Å²) in [6.07, 6.45) is 7.11. The smallest absolute Gasteiger partial charge is 0.226 e. The van der Waals surface area contributed by atoms with Crippen LogP contribution in [0.5, 0.6) is 11.5 Å². The number of nitrogens with zero attached hydrogens (tertiary/aromatic N) is 1. The molecule has 4 heteroatoms. The van der Waals surface area contributed by atoms with Gasteiger partial charge in [-0.25, -0.2) is 0 Å². The molecule has 0 fully saturated rings. The number of ether oxygens (including phenoxy) is 2. The van der Waals surface area contributed by atoms with Crippen LogP contribution >= 0.6 is 0 Å². The fourth-order valence-corrected chi connectivity index (χ4v) is 2.87. The number of fused-ring (bicyclic) bond motifs is 1. The quantitative estimate of drug-likeness (QED) is 0.802. The van der Waals surface area contributed by atoms with E-state index in [4.69, 9.17) is 9.47 Å². The van der Waals surface area contributed by atoms with Crippen LogP contribution in [0.2, 0.25) is 0 Å². The maximum atomic E-state index is 12.4. The van der Waals surface area contributed by atoms with Gasteiger partial charge >= 0.3 is 0 Å². The summed E-state index contributed by atoms with van der Waals surface area (Å²) in [7, 11) is 1.87. The second kappa shape index (κ2) is 6.20. The Morgan fingerprint density at radius 2 is 2.05 bits per heavy atom. The van der Waals surface area contributed by atoms with Gasteiger partial charge in [-0.05, 0) is 37.0 Å². The Labute approximate surface area is 125 Å². The molecule has 1 amide bonds. The van der Waals surface area contributed by atoms with Gasteiger partial charge in [-0.3, -0.25) is 4.79 Å². The number of amides is 1. The van der Waals surface area contributed by atoms with Crippen LogP contribution in [-0.2, 0) is 11.3 Å². The lowest BCUT2D eigenvalue weighted by Crippen LogP contribution is -2.33. The van der Waals surface area contributed by atoms with E-state index in [1.54, 1.807) is 0 Å². The Hall–Kier alpha value is -1.97. The highest BCUT2D eigenvalue weighted by Gasteiger charge is 2.22. The van der Waals surface area contributed by atoms with Crippen molar-refractivity contribution in [2.24, 2.45) is 5.92 Å². The van der Waals surface area contributed by atoms with Crippen LogP contribution in [0.3, 0.4) is 0 Å². The number of allylic oxidation sites excluding steroid dienone is 2. The first-order valence-electron chi connectivity index (χ1n) is 7.52. The van der Waals surface area contributed by atoms with E-state index in [0.29, 0.717) is 19.8 Å². The fraction of sp³-hybridized carbons (Fsp3) is 0.471. The van der Waals surface area contributed by atoms with Crippen molar-refractivity contribution in [2.75, 3.05) is 20.3 Å². The molecule has 21 heavy (non-hydrogen) atoms.